The summed E-state index contributed by atoms with van der Waals surface area (Å²) >= 11 is 0. The van der Waals surface area contributed by atoms with E-state index in [9.17, 15) is 53.1 Å². The second-order valence-electron chi connectivity index (χ2n) is 19.0. The number of nitrogens with one attached hydrogen (secondary N) is 6. The number of carboxylic acids is 1. The van der Waals surface area contributed by atoms with Crippen molar-refractivity contribution in [2.24, 2.45) is 11.7 Å². The number of nitrogens with two attached hydrogens (primary N) is 1. The van der Waals surface area contributed by atoms with E-state index in [4.69, 9.17) is 15.2 Å². The van der Waals surface area contributed by atoms with Crippen molar-refractivity contribution in [3.8, 4) is 5.75 Å². The van der Waals surface area contributed by atoms with Crippen LogP contribution in [0.4, 0.5) is 15.3 Å². The van der Waals surface area contributed by atoms with E-state index in [1.54, 1.807) is 19.9 Å². The number of imide groups is 1. The van der Waals surface area contributed by atoms with Crippen molar-refractivity contribution >= 4 is 97.4 Å². The van der Waals surface area contributed by atoms with Crippen molar-refractivity contribution in [1.82, 2.24) is 36.4 Å². The lowest BCUT2D eigenvalue weighted by atomic mass is 9.92. The summed E-state index contributed by atoms with van der Waals surface area (Å²) in [7, 11) is 2.79. The average Bonchev–Trinajstić information content (AvgIpc) is 3.73. The summed E-state index contributed by atoms with van der Waals surface area (Å²) in [6.45, 7) is 3.25. The highest BCUT2D eigenvalue weighted by Crippen LogP contribution is 2.36. The van der Waals surface area contributed by atoms with E-state index in [0.29, 0.717) is 24.8 Å². The molecular weight excluding hydrogens is 995 g/mol. The Labute approximate surface area is 444 Å². The highest BCUT2D eigenvalue weighted by atomic mass is 16.6. The molecule has 77 heavy (non-hydrogen) atoms. The lowest BCUT2D eigenvalue weighted by Crippen LogP contribution is -2.57. The number of hydrogen-bond donors (Lipinski definition) is 8. The van der Waals surface area contributed by atoms with Gasteiger partial charge in [-0.25, -0.2) is 9.59 Å². The van der Waals surface area contributed by atoms with Crippen LogP contribution in [0.2, 0.25) is 0 Å². The van der Waals surface area contributed by atoms with Crippen LogP contribution in [-0.2, 0) is 56.2 Å². The third-order valence-corrected chi connectivity index (χ3v) is 13.0. The molecule has 22 nitrogen and oxygen atoms in total. The van der Waals surface area contributed by atoms with E-state index >= 15 is 0 Å². The van der Waals surface area contributed by atoms with Crippen LogP contribution >= 0.6 is 0 Å². The van der Waals surface area contributed by atoms with Crippen molar-refractivity contribution in [3.63, 3.8) is 0 Å². The van der Waals surface area contributed by atoms with Gasteiger partial charge in [0.05, 0.1) is 12.8 Å². The molecular formula is C55H65N9O13. The number of primary amides is 1. The van der Waals surface area contributed by atoms with Gasteiger partial charge >= 0.3 is 18.1 Å². The van der Waals surface area contributed by atoms with Crippen LogP contribution < -0.4 is 42.4 Å². The standard InChI is InChI=1S/C55H65N9O13/c1-32(2)50(62-52(72)41(22-25-47(69)70)59-43(65)13-6-5-7-27-64-45(67)23-24-46(64)68)53(73)61-40(12-9-26-57-54(56)74)51(71)60-39-21-14-33(28-42(39)76-4)31-77-55(75)63(3)30-44(66)58-29-37-18-17-36-16-15-34-10-8-11-35-19-20-38(37)49(36)48(34)35/h8,10-11,14-21,23-24,28,32,40-41,50H,5-7,9,12-13,22,25-27,29-31H2,1-4H3,(H,58,66)(H,59,65)(H,60,71)(H,61,73)(H,62,72)(H,69,70)(H3,56,57,74)/t40-,41-,50-/m0/s1. The third-order valence-electron chi connectivity index (χ3n) is 13.0. The summed E-state index contributed by atoms with van der Waals surface area (Å²) in [4.78, 5) is 129. The van der Waals surface area contributed by atoms with Gasteiger partial charge in [-0.05, 0) is 93.6 Å². The number of anilines is 1. The van der Waals surface area contributed by atoms with Crippen LogP contribution in [0.3, 0.4) is 0 Å². The molecule has 0 unspecified atom stereocenters. The lowest BCUT2D eigenvalue weighted by Gasteiger charge is -2.27. The fourth-order valence-electron chi connectivity index (χ4n) is 8.91. The molecule has 5 aromatic carbocycles. The number of carboxylic acid groups (broad SMARTS) is 1. The van der Waals surface area contributed by atoms with E-state index in [2.05, 4.69) is 68.3 Å². The summed E-state index contributed by atoms with van der Waals surface area (Å²) < 4.78 is 11.1. The van der Waals surface area contributed by atoms with Gasteiger partial charge in [0.15, 0.2) is 0 Å². The molecule has 3 atom stereocenters. The largest absolute Gasteiger partial charge is 0.495 e. The van der Waals surface area contributed by atoms with Crippen LogP contribution in [0.5, 0.6) is 5.75 Å². The molecule has 5 aromatic rings. The zero-order valence-electron chi connectivity index (χ0n) is 43.4. The fourth-order valence-corrected chi connectivity index (χ4v) is 8.91. The minimum absolute atomic E-state index is 0.0165. The number of carbonyl (C=O) groups excluding carboxylic acids is 9. The quantitative estimate of drug-likeness (QED) is 0.0197. The maximum atomic E-state index is 14.0. The number of hydrogen-bond acceptors (Lipinski definition) is 12. The molecule has 0 aliphatic carbocycles. The monoisotopic (exact) mass is 1060 g/mol. The number of ether oxygens (including phenoxy) is 2. The topological polar surface area (TPSA) is 314 Å². The van der Waals surface area contributed by atoms with Gasteiger partial charge < -0.3 is 57.1 Å². The number of likely N-dealkylation sites (N-methyl/N-ethyl adjacent to an activating group) is 1. The number of nitrogens with zero attached hydrogens (tertiary/aromatic N) is 2. The number of amides is 10. The molecule has 22 heteroatoms. The number of methoxy groups -OCH3 is 1. The molecule has 9 N–H and O–H groups in total. The molecule has 1 aliphatic rings. The second-order valence-corrected chi connectivity index (χ2v) is 19.0. The molecule has 0 saturated carbocycles. The number of urea groups is 1. The number of benzene rings is 5. The summed E-state index contributed by atoms with van der Waals surface area (Å²) in [5.41, 5.74) is 6.81. The Morgan fingerprint density at radius 1 is 0.714 bits per heavy atom. The average molecular weight is 1060 g/mol. The lowest BCUT2D eigenvalue weighted by molar-refractivity contribution is -0.139. The van der Waals surface area contributed by atoms with Crippen LogP contribution in [0.25, 0.3) is 32.3 Å². The normalized spacial score (nSPS) is 13.3. The van der Waals surface area contributed by atoms with E-state index < -0.39 is 89.9 Å². The van der Waals surface area contributed by atoms with Crippen LogP contribution in [0, 0.1) is 5.92 Å². The maximum absolute atomic E-state index is 14.0. The van der Waals surface area contributed by atoms with Crippen molar-refractivity contribution in [2.45, 2.75) is 96.5 Å². The molecule has 0 saturated heterocycles. The van der Waals surface area contributed by atoms with Gasteiger partial charge in [-0.2, -0.15) is 0 Å². The Bertz CT molecular complexity index is 3020. The Morgan fingerprint density at radius 3 is 2.06 bits per heavy atom. The van der Waals surface area contributed by atoms with Crippen molar-refractivity contribution in [3.05, 3.63) is 96.1 Å². The van der Waals surface area contributed by atoms with E-state index in [1.807, 2.05) is 18.2 Å². The number of unbranched alkanes of at least 4 members (excludes halogenated alkanes) is 2. The summed E-state index contributed by atoms with van der Waals surface area (Å²) in [5.74, 6) is -5.72. The zero-order chi connectivity index (χ0) is 55.8. The maximum Gasteiger partial charge on any atom is 0.410 e. The first-order valence-electron chi connectivity index (χ1n) is 25.3. The zero-order valence-corrected chi connectivity index (χ0v) is 43.4. The summed E-state index contributed by atoms with van der Waals surface area (Å²) in [6.07, 6.45) is 2.19. The first-order chi connectivity index (χ1) is 36.8. The van der Waals surface area contributed by atoms with Crippen molar-refractivity contribution in [2.75, 3.05) is 39.1 Å². The van der Waals surface area contributed by atoms with Crippen molar-refractivity contribution < 1.29 is 62.5 Å². The molecule has 1 aliphatic heterocycles. The number of carbonyl (C=O) groups is 10. The van der Waals surface area contributed by atoms with E-state index in [0.717, 1.165) is 42.3 Å². The van der Waals surface area contributed by atoms with E-state index in [-0.39, 0.29) is 69.9 Å². The SMILES string of the molecule is COc1cc(COC(=O)N(C)CC(=O)NCc2ccc3ccc4cccc5ccc2c3c45)ccc1NC(=O)[C@H](CCCNC(N)=O)NC(=O)[C@@H](NC(=O)[C@H](CCC(=O)O)NC(=O)CCCCCN1C(=O)C=CC1=O)C(C)C. The molecule has 1 heterocycles. The first kappa shape index (κ1) is 57.5. The van der Waals surface area contributed by atoms with Crippen molar-refractivity contribution in [1.29, 1.82) is 0 Å². The van der Waals surface area contributed by atoms with Crippen LogP contribution in [0.15, 0.2) is 84.9 Å². The summed E-state index contributed by atoms with van der Waals surface area (Å²) in [5, 5.41) is 32.0. The Morgan fingerprint density at radius 2 is 1.39 bits per heavy atom. The molecule has 10 amide bonds. The Hall–Kier alpha value is -8.82. The number of aliphatic carboxylic acids is 1. The van der Waals surface area contributed by atoms with Gasteiger partial charge in [0, 0.05) is 51.7 Å². The van der Waals surface area contributed by atoms with Crippen LogP contribution in [0.1, 0.15) is 76.3 Å². The van der Waals surface area contributed by atoms with Crippen LogP contribution in [-0.4, -0.2) is 126 Å². The first-order valence-corrected chi connectivity index (χ1v) is 25.3. The molecule has 0 spiro atoms. The predicted molar refractivity (Wildman–Crippen MR) is 285 cm³/mol. The highest BCUT2D eigenvalue weighted by molar-refractivity contribution is 6.23. The Kier molecular flexibility index (Phi) is 20.2. The van der Waals surface area contributed by atoms with E-state index in [1.165, 1.54) is 43.8 Å². The highest BCUT2D eigenvalue weighted by Gasteiger charge is 2.32. The van der Waals surface area contributed by atoms with Gasteiger partial charge in [0.25, 0.3) is 11.8 Å². The fraction of sp³-hybridized carbons (Fsp3) is 0.382. The van der Waals surface area contributed by atoms with Gasteiger partial charge in [-0.3, -0.25) is 43.3 Å². The molecule has 0 fully saturated rings. The minimum Gasteiger partial charge on any atom is -0.495 e. The molecule has 6 rings (SSSR count). The molecule has 0 radical (unpaired) electrons. The van der Waals surface area contributed by atoms with Gasteiger partial charge in [0.2, 0.25) is 29.5 Å². The molecule has 0 aromatic heterocycles. The molecule has 0 bridgehead atoms. The number of rotatable bonds is 28. The summed E-state index contributed by atoms with van der Waals surface area (Å²) in [6, 6.07) is 18.5. The molecule has 408 valence electrons. The van der Waals surface area contributed by atoms with Gasteiger partial charge in [0.1, 0.15) is 37.0 Å². The Balaban J connectivity index is 1.02. The second kappa shape index (κ2) is 27.1. The smallest absolute Gasteiger partial charge is 0.410 e. The third kappa shape index (κ3) is 15.9. The predicted octanol–water partition coefficient (Wildman–Crippen LogP) is 4.33. The minimum atomic E-state index is -1.34. The van der Waals surface area contributed by atoms with Gasteiger partial charge in [-0.15, -0.1) is 0 Å². The van der Waals surface area contributed by atoms with Gasteiger partial charge in [-0.1, -0.05) is 80.9 Å².